The van der Waals surface area contributed by atoms with Crippen molar-refractivity contribution in [1.29, 1.82) is 0 Å². The summed E-state index contributed by atoms with van der Waals surface area (Å²) in [5.74, 6) is 1.04. The Balaban J connectivity index is 1.90. The summed E-state index contributed by atoms with van der Waals surface area (Å²) in [7, 11) is 3.93. The maximum Gasteiger partial charge on any atom is 0.410 e. The van der Waals surface area contributed by atoms with Gasteiger partial charge in [0.1, 0.15) is 17.2 Å². The average Bonchev–Trinajstić information content (AvgIpc) is 2.84. The molecule has 3 heterocycles. The van der Waals surface area contributed by atoms with Crippen molar-refractivity contribution in [2.24, 2.45) is 0 Å². The van der Waals surface area contributed by atoms with E-state index in [1.54, 1.807) is 24.1 Å². The topological polar surface area (TPSA) is 98.7 Å². The molecule has 1 aliphatic heterocycles. The number of hydrogen-bond acceptors (Lipinski definition) is 9. The van der Waals surface area contributed by atoms with Crippen molar-refractivity contribution < 1.29 is 13.9 Å². The van der Waals surface area contributed by atoms with Crippen LogP contribution < -0.4 is 15.5 Å². The predicted octanol–water partition coefficient (Wildman–Crippen LogP) is 5.46. The third kappa shape index (κ3) is 7.83. The number of aryl methyl sites for hydroxylation is 2. The van der Waals surface area contributed by atoms with E-state index in [2.05, 4.69) is 32.1 Å². The van der Waals surface area contributed by atoms with Gasteiger partial charge < -0.3 is 30.1 Å². The van der Waals surface area contributed by atoms with Crippen LogP contribution in [0.25, 0.3) is 0 Å². The van der Waals surface area contributed by atoms with Gasteiger partial charge in [0.2, 0.25) is 5.95 Å². The van der Waals surface area contributed by atoms with Crippen LogP contribution in [-0.4, -0.2) is 76.2 Å². The SMILES string of the molecule is C=C(/C=C(/C)N(C)C)Nc1nc(Nc2cc(CC)c(F)c(C)n2)ncc1N1CCN(C(=O)OC(C)(C)C)[C@H](C)C1. The molecule has 40 heavy (non-hydrogen) atoms. The Morgan fingerprint density at radius 3 is 2.60 bits per heavy atom. The summed E-state index contributed by atoms with van der Waals surface area (Å²) in [5, 5.41) is 6.45. The molecule has 2 aromatic heterocycles. The highest BCUT2D eigenvalue weighted by Crippen LogP contribution is 2.29. The number of allylic oxidation sites excluding steroid dienone is 2. The number of pyridine rings is 1. The van der Waals surface area contributed by atoms with E-state index >= 15 is 0 Å². The highest BCUT2D eigenvalue weighted by molar-refractivity contribution is 5.72. The van der Waals surface area contributed by atoms with Crippen molar-refractivity contribution in [1.82, 2.24) is 24.8 Å². The zero-order valence-electron chi connectivity index (χ0n) is 25.2. The maximum absolute atomic E-state index is 14.4. The number of amides is 1. The maximum atomic E-state index is 14.4. The summed E-state index contributed by atoms with van der Waals surface area (Å²) in [5.41, 5.74) is 2.77. The highest BCUT2D eigenvalue weighted by atomic mass is 19.1. The molecule has 2 N–H and O–H groups in total. The minimum atomic E-state index is -0.559. The fourth-order valence-corrected chi connectivity index (χ4v) is 4.26. The van der Waals surface area contributed by atoms with Crippen LogP contribution in [0.1, 0.15) is 52.8 Å². The molecular formula is C29H43FN8O2. The van der Waals surface area contributed by atoms with Gasteiger partial charge in [-0.25, -0.2) is 19.2 Å². The third-order valence-corrected chi connectivity index (χ3v) is 6.55. The van der Waals surface area contributed by atoms with E-state index in [-0.39, 0.29) is 18.0 Å². The lowest BCUT2D eigenvalue weighted by Gasteiger charge is -2.41. The summed E-state index contributed by atoms with van der Waals surface area (Å²) < 4.78 is 19.9. The lowest BCUT2D eigenvalue weighted by atomic mass is 10.1. The van der Waals surface area contributed by atoms with Gasteiger partial charge in [-0.2, -0.15) is 4.98 Å². The summed E-state index contributed by atoms with van der Waals surface area (Å²) in [6.07, 6.45) is 3.89. The van der Waals surface area contributed by atoms with Crippen molar-refractivity contribution in [3.8, 4) is 0 Å². The van der Waals surface area contributed by atoms with Crippen LogP contribution in [0.3, 0.4) is 0 Å². The van der Waals surface area contributed by atoms with E-state index in [1.165, 1.54) is 0 Å². The van der Waals surface area contributed by atoms with Crippen LogP contribution in [0.2, 0.25) is 0 Å². The number of piperazine rings is 1. The van der Waals surface area contributed by atoms with Crippen LogP contribution in [0.15, 0.2) is 36.3 Å². The molecule has 0 aliphatic carbocycles. The van der Waals surface area contributed by atoms with Gasteiger partial charge in [-0.05, 0) is 65.7 Å². The van der Waals surface area contributed by atoms with Crippen molar-refractivity contribution in [3.63, 3.8) is 0 Å². The van der Waals surface area contributed by atoms with Crippen LogP contribution >= 0.6 is 0 Å². The number of nitrogens with zero attached hydrogens (tertiary/aromatic N) is 6. The molecule has 0 bridgehead atoms. The lowest BCUT2D eigenvalue weighted by Crippen LogP contribution is -2.55. The van der Waals surface area contributed by atoms with E-state index in [0.29, 0.717) is 60.6 Å². The Morgan fingerprint density at radius 2 is 2.00 bits per heavy atom. The molecule has 0 spiro atoms. The smallest absolute Gasteiger partial charge is 0.410 e. The van der Waals surface area contributed by atoms with Crippen LogP contribution in [0.4, 0.5) is 32.5 Å². The first-order valence-electron chi connectivity index (χ1n) is 13.5. The second-order valence-corrected chi connectivity index (χ2v) is 11.3. The average molecular weight is 555 g/mol. The first kappa shape index (κ1) is 30.6. The van der Waals surface area contributed by atoms with Crippen LogP contribution in [0, 0.1) is 12.7 Å². The molecule has 218 valence electrons. The van der Waals surface area contributed by atoms with E-state index in [4.69, 9.17) is 9.72 Å². The molecule has 1 saturated heterocycles. The molecular weight excluding hydrogens is 511 g/mol. The van der Waals surface area contributed by atoms with Gasteiger partial charge in [0.05, 0.1) is 17.6 Å². The molecule has 3 rings (SSSR count). The summed E-state index contributed by atoms with van der Waals surface area (Å²) in [4.78, 5) is 32.2. The second-order valence-electron chi connectivity index (χ2n) is 11.3. The van der Waals surface area contributed by atoms with Gasteiger partial charge in [-0.15, -0.1) is 0 Å². The fraction of sp³-hybridized carbons (Fsp3) is 0.517. The van der Waals surface area contributed by atoms with Gasteiger partial charge in [-0.3, -0.25) is 0 Å². The zero-order valence-corrected chi connectivity index (χ0v) is 25.2. The number of aromatic nitrogens is 3. The first-order valence-corrected chi connectivity index (χ1v) is 13.5. The van der Waals surface area contributed by atoms with Gasteiger partial charge in [0.25, 0.3) is 0 Å². The van der Waals surface area contributed by atoms with Gasteiger partial charge in [0.15, 0.2) is 5.82 Å². The second kappa shape index (κ2) is 12.5. The molecule has 1 aliphatic rings. The van der Waals surface area contributed by atoms with Crippen LogP contribution in [0.5, 0.6) is 0 Å². The monoisotopic (exact) mass is 554 g/mol. The molecule has 11 heteroatoms. The van der Waals surface area contributed by atoms with Gasteiger partial charge >= 0.3 is 6.09 Å². The molecule has 1 amide bonds. The predicted molar refractivity (Wildman–Crippen MR) is 158 cm³/mol. The first-order chi connectivity index (χ1) is 18.7. The minimum absolute atomic E-state index is 0.0906. The number of carbonyl (C=O) groups excluding carboxylic acids is 1. The zero-order chi connectivity index (χ0) is 29.8. The van der Waals surface area contributed by atoms with Crippen molar-refractivity contribution in [3.05, 3.63) is 53.4 Å². The molecule has 10 nitrogen and oxygen atoms in total. The fourth-order valence-electron chi connectivity index (χ4n) is 4.26. The molecule has 1 atom stereocenters. The summed E-state index contributed by atoms with van der Waals surface area (Å²) in [6, 6.07) is 1.58. The number of hydrogen-bond donors (Lipinski definition) is 2. The number of ether oxygens (including phenoxy) is 1. The Labute approximate surface area is 237 Å². The highest BCUT2D eigenvalue weighted by Gasteiger charge is 2.32. The van der Waals surface area contributed by atoms with E-state index in [0.717, 1.165) is 11.4 Å². The molecule has 0 saturated carbocycles. The molecule has 1 fully saturated rings. The number of nitrogens with one attached hydrogen (secondary N) is 2. The molecule has 0 radical (unpaired) electrons. The van der Waals surface area contributed by atoms with E-state index in [9.17, 15) is 9.18 Å². The lowest BCUT2D eigenvalue weighted by molar-refractivity contribution is 0.0159. The molecule has 0 aromatic carbocycles. The van der Waals surface area contributed by atoms with Gasteiger partial charge in [-0.1, -0.05) is 13.5 Å². The number of rotatable bonds is 8. The number of carbonyl (C=O) groups is 1. The number of halogens is 1. The van der Waals surface area contributed by atoms with Crippen LogP contribution in [-0.2, 0) is 11.2 Å². The Bertz CT molecular complexity index is 1270. The Hall–Kier alpha value is -3.89. The van der Waals surface area contributed by atoms with E-state index in [1.807, 2.05) is 66.6 Å². The standard InChI is InChI=1S/C29H43FN8O2/c1-11-22-15-24(33-21(5)25(22)30)34-27-31-16-23(26(35-27)32-18(2)14-19(3)36(9)10)37-12-13-38(20(4)17-37)28(39)40-29(6,7)8/h14-16,20H,2,11-13,17H2,1,3-10H3,(H2,31,32,33,34,35)/b19-14-/t20-/m1/s1. The molecule has 0 unspecified atom stereocenters. The Morgan fingerprint density at radius 1 is 1.30 bits per heavy atom. The quantitative estimate of drug-likeness (QED) is 0.412. The van der Waals surface area contributed by atoms with E-state index < -0.39 is 5.60 Å². The Kier molecular flexibility index (Phi) is 9.60. The van der Waals surface area contributed by atoms with Crippen molar-refractivity contribution in [2.45, 2.75) is 66.5 Å². The van der Waals surface area contributed by atoms with Crippen molar-refractivity contribution in [2.75, 3.05) is 49.3 Å². The number of anilines is 4. The summed E-state index contributed by atoms with van der Waals surface area (Å²) >= 11 is 0. The van der Waals surface area contributed by atoms with Gasteiger partial charge in [0, 0.05) is 51.2 Å². The third-order valence-electron chi connectivity index (χ3n) is 6.55. The minimum Gasteiger partial charge on any atom is -0.444 e. The van der Waals surface area contributed by atoms with Crippen molar-refractivity contribution >= 4 is 29.4 Å². The largest absolute Gasteiger partial charge is 0.444 e. The normalized spacial score (nSPS) is 16.1. The molecule has 2 aromatic rings. The summed E-state index contributed by atoms with van der Waals surface area (Å²) in [6.45, 7) is 18.9.